The summed E-state index contributed by atoms with van der Waals surface area (Å²) in [5, 5.41) is 12.5. The second-order valence-electron chi connectivity index (χ2n) is 6.16. The van der Waals surface area contributed by atoms with Gasteiger partial charge in [0.05, 0.1) is 18.8 Å². The Morgan fingerprint density at radius 1 is 1.08 bits per heavy atom. The molecule has 0 bridgehead atoms. The number of aliphatic hydroxyl groups is 1. The molecule has 0 aliphatic carbocycles. The first-order chi connectivity index (χ1) is 12.0. The first kappa shape index (κ1) is 18.8. The molecule has 25 heavy (non-hydrogen) atoms. The molecule has 1 amide bonds. The van der Waals surface area contributed by atoms with E-state index in [-0.39, 0.29) is 13.2 Å². The Labute approximate surface area is 148 Å². The van der Waals surface area contributed by atoms with Crippen LogP contribution in [0.3, 0.4) is 0 Å². The number of nitrogens with one attached hydrogen (secondary N) is 1. The SMILES string of the molecule is CCOc1ccc(CC(C)(CO)NC(=O)OCc2ccccc2)cc1. The van der Waals surface area contributed by atoms with Crippen molar-refractivity contribution in [3.05, 3.63) is 65.7 Å². The zero-order valence-corrected chi connectivity index (χ0v) is 14.7. The zero-order valence-electron chi connectivity index (χ0n) is 14.7. The van der Waals surface area contributed by atoms with E-state index in [1.54, 1.807) is 6.92 Å². The van der Waals surface area contributed by atoms with Gasteiger partial charge in [-0.15, -0.1) is 0 Å². The lowest BCUT2D eigenvalue weighted by atomic mass is 9.94. The van der Waals surface area contributed by atoms with Crippen molar-refractivity contribution < 1.29 is 19.4 Å². The molecule has 2 rings (SSSR count). The topological polar surface area (TPSA) is 67.8 Å². The third-order valence-corrected chi connectivity index (χ3v) is 3.79. The minimum absolute atomic E-state index is 0.192. The van der Waals surface area contributed by atoms with Crippen LogP contribution in [-0.2, 0) is 17.8 Å². The first-order valence-corrected chi connectivity index (χ1v) is 8.36. The molecule has 0 aliphatic heterocycles. The van der Waals surface area contributed by atoms with Gasteiger partial charge in [0.25, 0.3) is 0 Å². The maximum atomic E-state index is 12.1. The Bertz CT molecular complexity index is 657. The molecule has 5 heteroatoms. The average molecular weight is 343 g/mol. The number of aliphatic hydroxyl groups excluding tert-OH is 1. The number of hydrogen-bond donors (Lipinski definition) is 2. The number of carbonyl (C=O) groups excluding carboxylic acids is 1. The highest BCUT2D eigenvalue weighted by atomic mass is 16.5. The predicted molar refractivity (Wildman–Crippen MR) is 96.6 cm³/mol. The van der Waals surface area contributed by atoms with Gasteiger partial charge in [0, 0.05) is 0 Å². The molecule has 0 saturated carbocycles. The van der Waals surface area contributed by atoms with Gasteiger partial charge in [-0.05, 0) is 43.5 Å². The monoisotopic (exact) mass is 343 g/mol. The standard InChI is InChI=1S/C20H25NO4/c1-3-24-18-11-9-16(10-12-18)13-20(2,15-22)21-19(23)25-14-17-7-5-4-6-8-17/h4-12,22H,3,13-15H2,1-2H3,(H,21,23). The van der Waals surface area contributed by atoms with Crippen LogP contribution < -0.4 is 10.1 Å². The largest absolute Gasteiger partial charge is 0.494 e. The van der Waals surface area contributed by atoms with Crippen LogP contribution in [0.5, 0.6) is 5.75 Å². The van der Waals surface area contributed by atoms with Gasteiger partial charge in [-0.1, -0.05) is 42.5 Å². The Morgan fingerprint density at radius 2 is 1.76 bits per heavy atom. The van der Waals surface area contributed by atoms with Crippen LogP contribution in [-0.4, -0.2) is 30.0 Å². The summed E-state index contributed by atoms with van der Waals surface area (Å²) < 4.78 is 10.6. The number of rotatable bonds is 8. The van der Waals surface area contributed by atoms with Gasteiger partial charge in [0.15, 0.2) is 0 Å². The van der Waals surface area contributed by atoms with Crippen LogP contribution in [0.1, 0.15) is 25.0 Å². The van der Waals surface area contributed by atoms with E-state index < -0.39 is 11.6 Å². The Kier molecular flexibility index (Phi) is 6.83. The smallest absolute Gasteiger partial charge is 0.407 e. The van der Waals surface area contributed by atoms with Crippen LogP contribution in [0.4, 0.5) is 4.79 Å². The summed E-state index contributed by atoms with van der Waals surface area (Å²) >= 11 is 0. The highest BCUT2D eigenvalue weighted by Crippen LogP contribution is 2.17. The van der Waals surface area contributed by atoms with Crippen molar-refractivity contribution in [2.24, 2.45) is 0 Å². The molecule has 5 nitrogen and oxygen atoms in total. The molecule has 134 valence electrons. The first-order valence-electron chi connectivity index (χ1n) is 8.36. The molecule has 0 heterocycles. The summed E-state index contributed by atoms with van der Waals surface area (Å²) in [5.41, 5.74) is 1.10. The van der Waals surface area contributed by atoms with Crippen LogP contribution in [0.15, 0.2) is 54.6 Å². The van der Waals surface area contributed by atoms with E-state index in [4.69, 9.17) is 9.47 Å². The number of amides is 1. The fraction of sp³-hybridized carbons (Fsp3) is 0.350. The quantitative estimate of drug-likeness (QED) is 0.772. The van der Waals surface area contributed by atoms with Crippen molar-refractivity contribution in [3.63, 3.8) is 0 Å². The lowest BCUT2D eigenvalue weighted by Gasteiger charge is -2.28. The van der Waals surface area contributed by atoms with Crippen LogP contribution in [0.25, 0.3) is 0 Å². The predicted octanol–water partition coefficient (Wildman–Crippen LogP) is 3.31. The van der Waals surface area contributed by atoms with Crippen molar-refractivity contribution in [2.45, 2.75) is 32.4 Å². The van der Waals surface area contributed by atoms with Crippen LogP contribution in [0, 0.1) is 0 Å². The fourth-order valence-corrected chi connectivity index (χ4v) is 2.47. The molecule has 0 spiro atoms. The third-order valence-electron chi connectivity index (χ3n) is 3.79. The summed E-state index contributed by atoms with van der Waals surface area (Å²) in [5.74, 6) is 0.798. The molecule has 1 atom stereocenters. The molecule has 0 radical (unpaired) electrons. The molecule has 0 fully saturated rings. The fourth-order valence-electron chi connectivity index (χ4n) is 2.47. The Morgan fingerprint density at radius 3 is 2.36 bits per heavy atom. The maximum absolute atomic E-state index is 12.1. The number of ether oxygens (including phenoxy) is 2. The molecule has 2 aromatic rings. The van der Waals surface area contributed by atoms with Crippen molar-refractivity contribution in [1.29, 1.82) is 0 Å². The second-order valence-corrected chi connectivity index (χ2v) is 6.16. The molecule has 0 aromatic heterocycles. The number of alkyl carbamates (subject to hydrolysis) is 1. The van der Waals surface area contributed by atoms with Crippen LogP contribution in [0.2, 0.25) is 0 Å². The highest BCUT2D eigenvalue weighted by molar-refractivity contribution is 5.68. The highest BCUT2D eigenvalue weighted by Gasteiger charge is 2.26. The molecule has 2 aromatic carbocycles. The van der Waals surface area contributed by atoms with Crippen molar-refractivity contribution in [1.82, 2.24) is 5.32 Å². The summed E-state index contributed by atoms with van der Waals surface area (Å²) in [6.45, 7) is 4.33. The van der Waals surface area contributed by atoms with Crippen LogP contribution >= 0.6 is 0 Å². The summed E-state index contributed by atoms with van der Waals surface area (Å²) in [6, 6.07) is 17.1. The molecular formula is C20H25NO4. The maximum Gasteiger partial charge on any atom is 0.407 e. The zero-order chi connectivity index (χ0) is 18.1. The third kappa shape index (κ3) is 6.12. The Balaban J connectivity index is 1.90. The van der Waals surface area contributed by atoms with E-state index in [9.17, 15) is 9.90 Å². The van der Waals surface area contributed by atoms with E-state index in [1.165, 1.54) is 0 Å². The molecule has 0 aliphatic rings. The van der Waals surface area contributed by atoms with Gasteiger partial charge in [-0.3, -0.25) is 0 Å². The summed E-state index contributed by atoms with van der Waals surface area (Å²) in [6.07, 6.45) is -0.0672. The lowest BCUT2D eigenvalue weighted by Crippen LogP contribution is -2.50. The number of carbonyl (C=O) groups is 1. The second kappa shape index (κ2) is 9.08. The van der Waals surface area contributed by atoms with E-state index in [1.807, 2.05) is 61.5 Å². The van der Waals surface area contributed by atoms with E-state index in [0.717, 1.165) is 16.9 Å². The van der Waals surface area contributed by atoms with Gasteiger partial charge >= 0.3 is 6.09 Å². The van der Waals surface area contributed by atoms with Gasteiger partial charge in [-0.25, -0.2) is 4.79 Å². The number of hydrogen-bond acceptors (Lipinski definition) is 4. The molecular weight excluding hydrogens is 318 g/mol. The molecule has 2 N–H and O–H groups in total. The summed E-state index contributed by atoms with van der Waals surface area (Å²) in [4.78, 5) is 12.1. The van der Waals surface area contributed by atoms with Gasteiger partial charge in [0.2, 0.25) is 0 Å². The normalized spacial score (nSPS) is 12.9. The van der Waals surface area contributed by atoms with Gasteiger partial charge in [0.1, 0.15) is 12.4 Å². The number of benzene rings is 2. The summed E-state index contributed by atoms with van der Waals surface area (Å²) in [7, 11) is 0. The minimum Gasteiger partial charge on any atom is -0.494 e. The average Bonchev–Trinajstić information content (AvgIpc) is 2.63. The molecule has 0 saturated heterocycles. The van der Waals surface area contributed by atoms with Gasteiger partial charge in [-0.2, -0.15) is 0 Å². The Hall–Kier alpha value is -2.53. The van der Waals surface area contributed by atoms with Crippen molar-refractivity contribution >= 4 is 6.09 Å². The van der Waals surface area contributed by atoms with E-state index in [0.29, 0.717) is 13.0 Å². The minimum atomic E-state index is -0.805. The molecule has 1 unspecified atom stereocenters. The van der Waals surface area contributed by atoms with Crippen molar-refractivity contribution in [2.75, 3.05) is 13.2 Å². The lowest BCUT2D eigenvalue weighted by molar-refractivity contribution is 0.111. The van der Waals surface area contributed by atoms with E-state index >= 15 is 0 Å². The van der Waals surface area contributed by atoms with Gasteiger partial charge < -0.3 is 19.9 Å². The van der Waals surface area contributed by atoms with E-state index in [2.05, 4.69) is 5.32 Å². The van der Waals surface area contributed by atoms with Crippen molar-refractivity contribution in [3.8, 4) is 5.75 Å².